The average molecular weight is 253 g/mol. The summed E-state index contributed by atoms with van der Waals surface area (Å²) in [6, 6.07) is 0. The molecule has 2 aliphatic carbocycles. The molecule has 0 unspecified atom stereocenters. The molecule has 0 amide bonds. The van der Waals surface area contributed by atoms with Crippen molar-refractivity contribution >= 4 is 12.4 Å². The third kappa shape index (κ3) is 11.5. The Morgan fingerprint density at radius 3 is 0.529 bits per heavy atom. The van der Waals surface area contributed by atoms with E-state index in [1.54, 1.807) is 0 Å². The molecule has 0 nitrogen and oxygen atoms in total. The van der Waals surface area contributed by atoms with Crippen molar-refractivity contribution in [2.75, 3.05) is 0 Å². The third-order valence-corrected chi connectivity index (χ3v) is 2.67. The molecule has 17 heavy (non-hydrogen) atoms. The first-order chi connectivity index (χ1) is 8.00. The summed E-state index contributed by atoms with van der Waals surface area (Å²) in [6.45, 7) is 0. The molecule has 0 bridgehead atoms. The molecule has 0 saturated carbocycles. The van der Waals surface area contributed by atoms with Gasteiger partial charge in [-0.1, -0.05) is 48.6 Å². The van der Waals surface area contributed by atoms with Crippen LogP contribution in [-0.2, 0) is 0 Å². The first-order valence-corrected chi connectivity index (χ1v) is 6.60. The molecule has 0 aromatic rings. The Morgan fingerprint density at radius 2 is 0.412 bits per heavy atom. The van der Waals surface area contributed by atoms with Crippen molar-refractivity contribution in [2.24, 2.45) is 0 Å². The van der Waals surface area contributed by atoms with Crippen LogP contribution in [0.2, 0.25) is 0 Å². The second-order valence-corrected chi connectivity index (χ2v) is 4.20. The third-order valence-electron chi connectivity index (χ3n) is 2.67. The first-order valence-electron chi connectivity index (χ1n) is 6.60. The fourth-order valence-electron chi connectivity index (χ4n) is 1.71. The molecule has 0 heterocycles. The number of hydrogen-bond donors (Lipinski definition) is 0. The predicted molar refractivity (Wildman–Crippen MR) is 80.7 cm³/mol. The monoisotopic (exact) mass is 252 g/mol. The van der Waals surface area contributed by atoms with Crippen LogP contribution < -0.4 is 0 Å². The number of rotatable bonds is 0. The smallest absolute Gasteiger partial charge is 0.0316 e. The highest BCUT2D eigenvalue weighted by atomic mass is 35.5. The van der Waals surface area contributed by atoms with Crippen LogP contribution in [0.4, 0.5) is 0 Å². The predicted octanol–water partition coefficient (Wildman–Crippen LogP) is 5.77. The van der Waals surface area contributed by atoms with Gasteiger partial charge >= 0.3 is 0 Å². The van der Waals surface area contributed by atoms with Crippen molar-refractivity contribution in [2.45, 2.75) is 51.4 Å². The summed E-state index contributed by atoms with van der Waals surface area (Å²) in [7, 11) is 0. The number of hydrogen-bond acceptors (Lipinski definition) is 0. The fraction of sp³-hybridized carbons (Fsp3) is 0.500. The molecule has 0 aromatic heterocycles. The van der Waals surface area contributed by atoms with Crippen LogP contribution in [0.15, 0.2) is 48.6 Å². The van der Waals surface area contributed by atoms with Crippen molar-refractivity contribution in [3.8, 4) is 0 Å². The van der Waals surface area contributed by atoms with Gasteiger partial charge in [0.1, 0.15) is 0 Å². The normalized spacial score (nSPS) is 18.8. The van der Waals surface area contributed by atoms with Gasteiger partial charge < -0.3 is 0 Å². The molecule has 0 saturated heterocycles. The first kappa shape index (κ1) is 16.2. The van der Waals surface area contributed by atoms with Gasteiger partial charge in [0.05, 0.1) is 0 Å². The van der Waals surface area contributed by atoms with E-state index >= 15 is 0 Å². The van der Waals surface area contributed by atoms with E-state index < -0.39 is 0 Å². The van der Waals surface area contributed by atoms with Gasteiger partial charge in [-0.2, -0.15) is 0 Å². The van der Waals surface area contributed by atoms with Crippen molar-refractivity contribution in [1.82, 2.24) is 0 Å². The Morgan fingerprint density at radius 1 is 0.294 bits per heavy atom. The fourth-order valence-corrected chi connectivity index (χ4v) is 1.71. The standard InChI is InChI=1S/2C8H12.ClH/c2*1-2-4-6-8-7-5-3-1;/h2*1-2,7-8H,3-6H2;1H. The lowest BCUT2D eigenvalue weighted by atomic mass is 10.1. The molecule has 2 aliphatic rings. The van der Waals surface area contributed by atoms with Crippen LogP contribution in [0.3, 0.4) is 0 Å². The van der Waals surface area contributed by atoms with Gasteiger partial charge in [-0.3, -0.25) is 0 Å². The SMILES string of the molecule is C1=CCCC=CCC1.C1=CCCC=CCC1.Cl. The van der Waals surface area contributed by atoms with E-state index in [2.05, 4.69) is 48.6 Å². The topological polar surface area (TPSA) is 0 Å². The van der Waals surface area contributed by atoms with Gasteiger partial charge in [0.2, 0.25) is 0 Å². The molecule has 0 aromatic carbocycles. The largest absolute Gasteiger partial charge is 0.147 e. The van der Waals surface area contributed by atoms with E-state index in [0.717, 1.165) is 0 Å². The highest BCUT2D eigenvalue weighted by molar-refractivity contribution is 5.85. The zero-order valence-electron chi connectivity index (χ0n) is 10.7. The van der Waals surface area contributed by atoms with Crippen molar-refractivity contribution in [3.05, 3.63) is 48.6 Å². The van der Waals surface area contributed by atoms with Gasteiger partial charge in [-0.15, -0.1) is 12.4 Å². The Hall–Kier alpha value is -0.750. The summed E-state index contributed by atoms with van der Waals surface area (Å²) in [5.41, 5.74) is 0. The molecule has 0 N–H and O–H groups in total. The van der Waals surface area contributed by atoms with Crippen molar-refractivity contribution < 1.29 is 0 Å². The maximum Gasteiger partial charge on any atom is -0.0316 e. The zero-order valence-corrected chi connectivity index (χ0v) is 11.5. The second kappa shape index (κ2) is 13.3. The summed E-state index contributed by atoms with van der Waals surface area (Å²) >= 11 is 0. The minimum Gasteiger partial charge on any atom is -0.147 e. The van der Waals surface area contributed by atoms with Gasteiger partial charge in [-0.25, -0.2) is 0 Å². The zero-order chi connectivity index (χ0) is 11.3. The lowest BCUT2D eigenvalue weighted by Crippen LogP contribution is -1.71. The quantitative estimate of drug-likeness (QED) is 0.480. The van der Waals surface area contributed by atoms with Crippen LogP contribution in [0.1, 0.15) is 51.4 Å². The highest BCUT2D eigenvalue weighted by Gasteiger charge is 1.82. The average Bonchev–Trinajstić information content (AvgIpc) is 2.15. The van der Waals surface area contributed by atoms with Gasteiger partial charge in [-0.05, 0) is 51.4 Å². The Labute approximate surface area is 113 Å². The summed E-state index contributed by atoms with van der Waals surface area (Å²) in [5, 5.41) is 0. The second-order valence-electron chi connectivity index (χ2n) is 4.20. The Kier molecular flexibility index (Phi) is 12.7. The van der Waals surface area contributed by atoms with Crippen LogP contribution >= 0.6 is 12.4 Å². The molecule has 0 radical (unpaired) electrons. The summed E-state index contributed by atoms with van der Waals surface area (Å²) in [5.74, 6) is 0. The van der Waals surface area contributed by atoms with Crippen LogP contribution in [0.25, 0.3) is 0 Å². The van der Waals surface area contributed by atoms with E-state index in [-0.39, 0.29) is 12.4 Å². The molecule has 0 aliphatic heterocycles. The minimum atomic E-state index is 0. The summed E-state index contributed by atoms with van der Waals surface area (Å²) in [4.78, 5) is 0. The summed E-state index contributed by atoms with van der Waals surface area (Å²) < 4.78 is 0. The molecule has 1 heteroatoms. The van der Waals surface area contributed by atoms with E-state index in [1.807, 2.05) is 0 Å². The maximum atomic E-state index is 2.27. The molecule has 0 fully saturated rings. The lowest BCUT2D eigenvalue weighted by molar-refractivity contribution is 0.962. The van der Waals surface area contributed by atoms with Gasteiger partial charge in [0.15, 0.2) is 0 Å². The van der Waals surface area contributed by atoms with E-state index in [4.69, 9.17) is 0 Å². The van der Waals surface area contributed by atoms with E-state index in [1.165, 1.54) is 51.4 Å². The van der Waals surface area contributed by atoms with Gasteiger partial charge in [0, 0.05) is 0 Å². The molecule has 96 valence electrons. The molecular formula is C16H25Cl. The molecular weight excluding hydrogens is 228 g/mol. The van der Waals surface area contributed by atoms with Crippen LogP contribution in [0.5, 0.6) is 0 Å². The molecule has 2 rings (SSSR count). The molecule has 0 spiro atoms. The highest BCUT2D eigenvalue weighted by Crippen LogP contribution is 2.03. The molecule has 0 atom stereocenters. The Bertz CT molecular complexity index is 179. The number of halogens is 1. The van der Waals surface area contributed by atoms with Crippen LogP contribution in [0, 0.1) is 0 Å². The van der Waals surface area contributed by atoms with E-state index in [9.17, 15) is 0 Å². The van der Waals surface area contributed by atoms with Gasteiger partial charge in [0.25, 0.3) is 0 Å². The van der Waals surface area contributed by atoms with Crippen LogP contribution in [-0.4, -0.2) is 0 Å². The van der Waals surface area contributed by atoms with Crippen molar-refractivity contribution in [3.63, 3.8) is 0 Å². The minimum absolute atomic E-state index is 0. The van der Waals surface area contributed by atoms with E-state index in [0.29, 0.717) is 0 Å². The summed E-state index contributed by atoms with van der Waals surface area (Å²) in [6.07, 6.45) is 28.0. The lowest BCUT2D eigenvalue weighted by Gasteiger charge is -1.92. The number of allylic oxidation sites excluding steroid dienone is 8. The maximum absolute atomic E-state index is 2.27. The Balaban J connectivity index is 0.000000284. The van der Waals surface area contributed by atoms with Crippen molar-refractivity contribution in [1.29, 1.82) is 0 Å².